The second-order valence-corrected chi connectivity index (χ2v) is 7.28. The fourth-order valence-electron chi connectivity index (χ4n) is 2.66. The average molecular weight is 314 g/mol. The number of aromatic nitrogens is 2. The van der Waals surface area contributed by atoms with E-state index in [0.29, 0.717) is 19.5 Å². The van der Waals surface area contributed by atoms with E-state index < -0.39 is 10.0 Å². The van der Waals surface area contributed by atoms with Crippen LogP contribution >= 0.6 is 0 Å². The summed E-state index contributed by atoms with van der Waals surface area (Å²) in [5.74, 6) is -0.0903. The van der Waals surface area contributed by atoms with E-state index in [-0.39, 0.29) is 16.8 Å². The summed E-state index contributed by atoms with van der Waals surface area (Å²) in [5.41, 5.74) is 0. The lowest BCUT2D eigenvalue weighted by atomic mass is 10.0. The minimum Gasteiger partial charge on any atom is -0.356 e. The second kappa shape index (κ2) is 6.57. The van der Waals surface area contributed by atoms with Crippen LogP contribution in [0.2, 0.25) is 0 Å². The van der Waals surface area contributed by atoms with Crippen LogP contribution in [0.5, 0.6) is 0 Å². The minimum absolute atomic E-state index is 0.0594. The van der Waals surface area contributed by atoms with E-state index in [0.717, 1.165) is 19.3 Å². The van der Waals surface area contributed by atoms with E-state index in [1.165, 1.54) is 24.0 Å². The Kier molecular flexibility index (Phi) is 5.00. The first-order valence-corrected chi connectivity index (χ1v) is 8.60. The highest BCUT2D eigenvalue weighted by molar-refractivity contribution is 7.89. The van der Waals surface area contributed by atoms with Gasteiger partial charge in [0.2, 0.25) is 15.9 Å². The Bertz CT molecular complexity index is 596. The van der Waals surface area contributed by atoms with Crippen molar-refractivity contribution in [2.24, 2.45) is 7.05 Å². The molecule has 1 aromatic heterocycles. The number of aryl methyl sites for hydroxylation is 1. The average Bonchev–Trinajstić information content (AvgIpc) is 2.86. The molecule has 0 radical (unpaired) electrons. The number of nitrogens with zero attached hydrogens (tertiary/aromatic N) is 3. The summed E-state index contributed by atoms with van der Waals surface area (Å²) < 4.78 is 28.4. The molecule has 0 saturated carbocycles. The van der Waals surface area contributed by atoms with Gasteiger partial charge in [0.05, 0.1) is 6.20 Å². The summed E-state index contributed by atoms with van der Waals surface area (Å²) in [7, 11) is -1.81. The Morgan fingerprint density at radius 1 is 1.48 bits per heavy atom. The largest absolute Gasteiger partial charge is 0.356 e. The molecule has 1 fully saturated rings. The minimum atomic E-state index is -3.50. The van der Waals surface area contributed by atoms with Crippen LogP contribution in [0.15, 0.2) is 17.3 Å². The number of piperidine rings is 1. The van der Waals surface area contributed by atoms with Crippen LogP contribution < -0.4 is 5.32 Å². The van der Waals surface area contributed by atoms with Gasteiger partial charge in [-0.05, 0) is 19.3 Å². The zero-order chi connectivity index (χ0) is 15.5. The molecule has 0 spiro atoms. The Balaban J connectivity index is 2.12. The third kappa shape index (κ3) is 3.82. The number of sulfonamides is 1. The third-order valence-electron chi connectivity index (χ3n) is 3.71. The monoisotopic (exact) mass is 314 g/mol. The fraction of sp³-hybridized carbons (Fsp3) is 0.692. The van der Waals surface area contributed by atoms with Gasteiger partial charge < -0.3 is 5.32 Å². The van der Waals surface area contributed by atoms with Gasteiger partial charge in [-0.3, -0.25) is 9.48 Å². The van der Waals surface area contributed by atoms with Crippen LogP contribution in [0.4, 0.5) is 0 Å². The highest BCUT2D eigenvalue weighted by atomic mass is 32.2. The van der Waals surface area contributed by atoms with Gasteiger partial charge in [-0.15, -0.1) is 0 Å². The number of amides is 1. The predicted octanol–water partition coefficient (Wildman–Crippen LogP) is 0.489. The summed E-state index contributed by atoms with van der Waals surface area (Å²) >= 11 is 0. The van der Waals surface area contributed by atoms with Crippen LogP contribution in [0.1, 0.15) is 32.6 Å². The molecule has 1 amide bonds. The quantitative estimate of drug-likeness (QED) is 0.857. The SMILES string of the molecule is CC(=O)NCC[C@H]1CCCCN1S(=O)(=O)c1cnn(C)c1. The molecule has 118 valence electrons. The van der Waals surface area contributed by atoms with Crippen molar-refractivity contribution in [1.82, 2.24) is 19.4 Å². The van der Waals surface area contributed by atoms with Crippen molar-refractivity contribution < 1.29 is 13.2 Å². The van der Waals surface area contributed by atoms with Crippen LogP contribution in [-0.4, -0.2) is 47.5 Å². The molecule has 0 unspecified atom stereocenters. The Labute approximate surface area is 125 Å². The van der Waals surface area contributed by atoms with Crippen molar-refractivity contribution in [3.8, 4) is 0 Å². The maximum atomic E-state index is 12.7. The smallest absolute Gasteiger partial charge is 0.246 e. The maximum Gasteiger partial charge on any atom is 0.246 e. The van der Waals surface area contributed by atoms with Gasteiger partial charge in [-0.1, -0.05) is 6.42 Å². The van der Waals surface area contributed by atoms with E-state index in [1.807, 2.05) is 0 Å². The maximum absolute atomic E-state index is 12.7. The molecule has 2 heterocycles. The Morgan fingerprint density at radius 2 is 2.24 bits per heavy atom. The molecule has 1 aliphatic heterocycles. The molecule has 2 rings (SSSR count). The first-order chi connectivity index (χ1) is 9.91. The van der Waals surface area contributed by atoms with E-state index >= 15 is 0 Å². The van der Waals surface area contributed by atoms with E-state index in [9.17, 15) is 13.2 Å². The molecule has 21 heavy (non-hydrogen) atoms. The normalized spacial score (nSPS) is 20.4. The first kappa shape index (κ1) is 16.0. The summed E-state index contributed by atoms with van der Waals surface area (Å²) in [4.78, 5) is 11.2. The zero-order valence-corrected chi connectivity index (χ0v) is 13.3. The summed E-state index contributed by atoms with van der Waals surface area (Å²) in [6.07, 6.45) is 6.27. The number of hydrogen-bond donors (Lipinski definition) is 1. The lowest BCUT2D eigenvalue weighted by Crippen LogP contribution is -2.45. The van der Waals surface area contributed by atoms with Crippen LogP contribution in [0.25, 0.3) is 0 Å². The number of carbonyl (C=O) groups is 1. The first-order valence-electron chi connectivity index (χ1n) is 7.16. The van der Waals surface area contributed by atoms with Crippen molar-refractivity contribution in [3.05, 3.63) is 12.4 Å². The molecule has 0 bridgehead atoms. The van der Waals surface area contributed by atoms with Gasteiger partial charge in [0.1, 0.15) is 4.90 Å². The molecule has 7 nitrogen and oxygen atoms in total. The van der Waals surface area contributed by atoms with Crippen LogP contribution in [-0.2, 0) is 21.9 Å². The molecule has 0 aliphatic carbocycles. The highest BCUT2D eigenvalue weighted by Gasteiger charge is 2.33. The van der Waals surface area contributed by atoms with Crippen LogP contribution in [0, 0.1) is 0 Å². The van der Waals surface area contributed by atoms with E-state index in [1.54, 1.807) is 11.4 Å². The van der Waals surface area contributed by atoms with Gasteiger partial charge in [0, 0.05) is 39.3 Å². The van der Waals surface area contributed by atoms with Gasteiger partial charge in [0.25, 0.3) is 0 Å². The van der Waals surface area contributed by atoms with E-state index in [2.05, 4.69) is 10.4 Å². The van der Waals surface area contributed by atoms with Crippen molar-refractivity contribution in [1.29, 1.82) is 0 Å². The number of hydrogen-bond acceptors (Lipinski definition) is 4. The van der Waals surface area contributed by atoms with Gasteiger partial charge in [0.15, 0.2) is 0 Å². The molecular formula is C13H22N4O3S. The van der Waals surface area contributed by atoms with Gasteiger partial charge >= 0.3 is 0 Å². The van der Waals surface area contributed by atoms with Gasteiger partial charge in [-0.2, -0.15) is 9.40 Å². The number of rotatable bonds is 5. The molecule has 1 saturated heterocycles. The molecule has 1 aliphatic rings. The third-order valence-corrected chi connectivity index (χ3v) is 5.62. The zero-order valence-electron chi connectivity index (χ0n) is 12.4. The summed E-state index contributed by atoms with van der Waals surface area (Å²) in [6.45, 7) is 2.49. The second-order valence-electron chi connectivity index (χ2n) is 5.39. The number of carbonyl (C=O) groups excluding carboxylic acids is 1. The summed E-state index contributed by atoms with van der Waals surface area (Å²) in [6, 6.07) is -0.0594. The topological polar surface area (TPSA) is 84.3 Å². The molecule has 1 atom stereocenters. The molecular weight excluding hydrogens is 292 g/mol. The fourth-order valence-corrected chi connectivity index (χ4v) is 4.37. The number of nitrogens with one attached hydrogen (secondary N) is 1. The predicted molar refractivity (Wildman–Crippen MR) is 78.0 cm³/mol. The Hall–Kier alpha value is -1.41. The van der Waals surface area contributed by atoms with Crippen molar-refractivity contribution in [2.45, 2.75) is 43.5 Å². The van der Waals surface area contributed by atoms with Crippen LogP contribution in [0.3, 0.4) is 0 Å². The lowest BCUT2D eigenvalue weighted by molar-refractivity contribution is -0.119. The van der Waals surface area contributed by atoms with Crippen molar-refractivity contribution >= 4 is 15.9 Å². The molecule has 1 aromatic rings. The van der Waals surface area contributed by atoms with Crippen molar-refractivity contribution in [2.75, 3.05) is 13.1 Å². The van der Waals surface area contributed by atoms with Gasteiger partial charge in [-0.25, -0.2) is 8.42 Å². The molecule has 1 N–H and O–H groups in total. The Morgan fingerprint density at radius 3 is 2.86 bits per heavy atom. The van der Waals surface area contributed by atoms with E-state index in [4.69, 9.17) is 0 Å². The standard InChI is InChI=1S/C13H22N4O3S/c1-11(18)14-7-6-12-5-3-4-8-17(12)21(19,20)13-9-15-16(2)10-13/h9-10,12H,3-8H2,1-2H3,(H,14,18)/t12-/m1/s1. The highest BCUT2D eigenvalue weighted by Crippen LogP contribution is 2.26. The lowest BCUT2D eigenvalue weighted by Gasteiger charge is -2.34. The molecule has 0 aromatic carbocycles. The summed E-state index contributed by atoms with van der Waals surface area (Å²) in [5, 5.41) is 6.67. The molecule has 8 heteroatoms. The van der Waals surface area contributed by atoms with Crippen molar-refractivity contribution in [3.63, 3.8) is 0 Å².